The van der Waals surface area contributed by atoms with Gasteiger partial charge < -0.3 is 5.32 Å². The molecule has 100 valence electrons. The van der Waals surface area contributed by atoms with E-state index < -0.39 is 0 Å². The summed E-state index contributed by atoms with van der Waals surface area (Å²) in [4.78, 5) is 2.61. The Morgan fingerprint density at radius 3 is 2.89 bits per heavy atom. The predicted molar refractivity (Wildman–Crippen MR) is 81.0 cm³/mol. The summed E-state index contributed by atoms with van der Waals surface area (Å²) >= 11 is 2.10. The standard InChI is InChI=1S/C15H24N2S/c1-12-13(2)18-8-7-17(12)11-15-6-4-5-14(9-15)10-16-3/h4-6,9,12-13,16H,7-8,10-11H2,1-3H3. The highest BCUT2D eigenvalue weighted by molar-refractivity contribution is 8.00. The molecule has 1 aliphatic heterocycles. The number of thioether (sulfide) groups is 1. The Morgan fingerprint density at radius 1 is 1.33 bits per heavy atom. The monoisotopic (exact) mass is 264 g/mol. The fourth-order valence-electron chi connectivity index (χ4n) is 2.50. The Bertz CT molecular complexity index is 381. The first-order valence-corrected chi connectivity index (χ1v) is 7.83. The van der Waals surface area contributed by atoms with Gasteiger partial charge in [-0.1, -0.05) is 31.2 Å². The van der Waals surface area contributed by atoms with E-state index in [2.05, 4.69) is 60.1 Å². The SMILES string of the molecule is CNCc1cccc(CN2CCSC(C)C2C)c1. The largest absolute Gasteiger partial charge is 0.316 e. The molecule has 0 spiro atoms. The zero-order chi connectivity index (χ0) is 13.0. The summed E-state index contributed by atoms with van der Waals surface area (Å²) in [5.74, 6) is 1.27. The van der Waals surface area contributed by atoms with Crippen molar-refractivity contribution < 1.29 is 0 Å². The minimum atomic E-state index is 0.678. The minimum Gasteiger partial charge on any atom is -0.316 e. The lowest BCUT2D eigenvalue weighted by molar-refractivity contribution is 0.204. The van der Waals surface area contributed by atoms with Crippen LogP contribution >= 0.6 is 11.8 Å². The van der Waals surface area contributed by atoms with Gasteiger partial charge in [-0.15, -0.1) is 0 Å². The van der Waals surface area contributed by atoms with E-state index in [0.717, 1.165) is 18.3 Å². The maximum atomic E-state index is 3.21. The first-order valence-electron chi connectivity index (χ1n) is 6.79. The Morgan fingerprint density at radius 2 is 2.11 bits per heavy atom. The molecule has 2 unspecified atom stereocenters. The van der Waals surface area contributed by atoms with Gasteiger partial charge in [0, 0.05) is 36.7 Å². The van der Waals surface area contributed by atoms with Crippen LogP contribution in [0.5, 0.6) is 0 Å². The van der Waals surface area contributed by atoms with Crippen LogP contribution in [0.3, 0.4) is 0 Å². The first kappa shape index (κ1) is 13.9. The Hall–Kier alpha value is -0.510. The van der Waals surface area contributed by atoms with Crippen molar-refractivity contribution in [2.45, 2.75) is 38.2 Å². The van der Waals surface area contributed by atoms with Gasteiger partial charge in [-0.2, -0.15) is 11.8 Å². The molecular formula is C15H24N2S. The van der Waals surface area contributed by atoms with Gasteiger partial charge in [0.05, 0.1) is 0 Å². The highest BCUT2D eigenvalue weighted by atomic mass is 32.2. The lowest BCUT2D eigenvalue weighted by Gasteiger charge is -2.37. The van der Waals surface area contributed by atoms with E-state index in [1.54, 1.807) is 0 Å². The number of nitrogens with one attached hydrogen (secondary N) is 1. The average Bonchev–Trinajstić information content (AvgIpc) is 2.36. The number of benzene rings is 1. The van der Waals surface area contributed by atoms with Crippen LogP contribution in [0.25, 0.3) is 0 Å². The summed E-state index contributed by atoms with van der Waals surface area (Å²) in [6, 6.07) is 9.62. The lowest BCUT2D eigenvalue weighted by atomic mass is 10.1. The maximum absolute atomic E-state index is 3.21. The van der Waals surface area contributed by atoms with E-state index >= 15 is 0 Å². The normalized spacial score (nSPS) is 25.3. The fraction of sp³-hybridized carbons (Fsp3) is 0.600. The van der Waals surface area contributed by atoms with Crippen LogP contribution in [0.2, 0.25) is 0 Å². The molecule has 1 heterocycles. The van der Waals surface area contributed by atoms with Crippen molar-refractivity contribution >= 4 is 11.8 Å². The quantitative estimate of drug-likeness (QED) is 0.900. The summed E-state index contributed by atoms with van der Waals surface area (Å²) in [6.45, 7) is 7.96. The number of nitrogens with zero attached hydrogens (tertiary/aromatic N) is 1. The molecule has 2 atom stereocenters. The third-order valence-electron chi connectivity index (χ3n) is 3.77. The lowest BCUT2D eigenvalue weighted by Crippen LogP contribution is -2.43. The van der Waals surface area contributed by atoms with Crippen molar-refractivity contribution in [2.24, 2.45) is 0 Å². The molecule has 3 heteroatoms. The van der Waals surface area contributed by atoms with Crippen LogP contribution in [-0.4, -0.2) is 35.5 Å². The molecule has 0 saturated carbocycles. The van der Waals surface area contributed by atoms with E-state index in [1.807, 2.05) is 7.05 Å². The molecule has 1 fully saturated rings. The molecule has 1 aromatic rings. The third kappa shape index (κ3) is 3.50. The molecule has 0 bridgehead atoms. The van der Waals surface area contributed by atoms with Crippen LogP contribution in [-0.2, 0) is 13.1 Å². The van der Waals surface area contributed by atoms with Crippen LogP contribution in [0, 0.1) is 0 Å². The van der Waals surface area contributed by atoms with Crippen molar-refractivity contribution in [3.63, 3.8) is 0 Å². The molecule has 1 aliphatic rings. The van der Waals surface area contributed by atoms with Crippen molar-refractivity contribution in [3.8, 4) is 0 Å². The Kier molecular flexibility index (Phi) is 5.10. The van der Waals surface area contributed by atoms with Crippen LogP contribution in [0.1, 0.15) is 25.0 Å². The van der Waals surface area contributed by atoms with Crippen LogP contribution in [0.4, 0.5) is 0 Å². The molecule has 0 aliphatic carbocycles. The Labute approximate surface area is 115 Å². The second-order valence-electron chi connectivity index (χ2n) is 5.14. The summed E-state index contributed by atoms with van der Waals surface area (Å²) in [6.07, 6.45) is 0. The summed E-state index contributed by atoms with van der Waals surface area (Å²) in [7, 11) is 2.00. The minimum absolute atomic E-state index is 0.678. The van der Waals surface area contributed by atoms with Crippen LogP contribution < -0.4 is 5.32 Å². The zero-order valence-corrected chi connectivity index (χ0v) is 12.5. The molecule has 1 aromatic carbocycles. The molecule has 2 rings (SSSR count). The van der Waals surface area contributed by atoms with E-state index in [0.29, 0.717) is 6.04 Å². The van der Waals surface area contributed by atoms with Gasteiger partial charge in [-0.05, 0) is 25.1 Å². The van der Waals surface area contributed by atoms with Crippen LogP contribution in [0.15, 0.2) is 24.3 Å². The third-order valence-corrected chi connectivity index (χ3v) is 5.11. The van der Waals surface area contributed by atoms with Gasteiger partial charge in [-0.3, -0.25) is 4.90 Å². The molecule has 0 radical (unpaired) electrons. The van der Waals surface area contributed by atoms with Gasteiger partial charge in [0.15, 0.2) is 0 Å². The van der Waals surface area contributed by atoms with Gasteiger partial charge in [-0.25, -0.2) is 0 Å². The molecule has 1 N–H and O–H groups in total. The average molecular weight is 264 g/mol. The first-order chi connectivity index (χ1) is 8.70. The number of hydrogen-bond donors (Lipinski definition) is 1. The summed E-state index contributed by atoms with van der Waals surface area (Å²) < 4.78 is 0. The van der Waals surface area contributed by atoms with Crippen molar-refractivity contribution in [1.29, 1.82) is 0 Å². The predicted octanol–water partition coefficient (Wildman–Crippen LogP) is 2.73. The molecular weight excluding hydrogens is 240 g/mol. The molecule has 2 nitrogen and oxygen atoms in total. The maximum Gasteiger partial charge on any atom is 0.0237 e. The van der Waals surface area contributed by atoms with E-state index in [1.165, 1.54) is 23.4 Å². The second kappa shape index (κ2) is 6.60. The van der Waals surface area contributed by atoms with Crippen molar-refractivity contribution in [2.75, 3.05) is 19.3 Å². The van der Waals surface area contributed by atoms with Gasteiger partial charge in [0.1, 0.15) is 0 Å². The molecule has 0 amide bonds. The van der Waals surface area contributed by atoms with E-state index in [4.69, 9.17) is 0 Å². The summed E-state index contributed by atoms with van der Waals surface area (Å²) in [5.41, 5.74) is 2.82. The Balaban J connectivity index is 2.01. The molecule has 18 heavy (non-hydrogen) atoms. The second-order valence-corrected chi connectivity index (χ2v) is 6.62. The van der Waals surface area contributed by atoms with Gasteiger partial charge >= 0.3 is 0 Å². The number of hydrogen-bond acceptors (Lipinski definition) is 3. The van der Waals surface area contributed by atoms with E-state index in [-0.39, 0.29) is 0 Å². The van der Waals surface area contributed by atoms with Crippen molar-refractivity contribution in [1.82, 2.24) is 10.2 Å². The zero-order valence-electron chi connectivity index (χ0n) is 11.6. The highest BCUT2D eigenvalue weighted by Gasteiger charge is 2.24. The van der Waals surface area contributed by atoms with Gasteiger partial charge in [0.25, 0.3) is 0 Å². The van der Waals surface area contributed by atoms with Gasteiger partial charge in [0.2, 0.25) is 0 Å². The summed E-state index contributed by atoms with van der Waals surface area (Å²) in [5, 5.41) is 3.96. The van der Waals surface area contributed by atoms with Crippen molar-refractivity contribution in [3.05, 3.63) is 35.4 Å². The molecule has 1 saturated heterocycles. The van der Waals surface area contributed by atoms with E-state index in [9.17, 15) is 0 Å². The smallest absolute Gasteiger partial charge is 0.0237 e. The fourth-order valence-corrected chi connectivity index (χ4v) is 3.66. The number of rotatable bonds is 4. The topological polar surface area (TPSA) is 15.3 Å². The highest BCUT2D eigenvalue weighted by Crippen LogP contribution is 2.25. The molecule has 0 aromatic heterocycles.